The average molecular weight is 302 g/mol. The molecule has 0 spiro atoms. The van der Waals surface area contributed by atoms with E-state index in [1.54, 1.807) is 12.1 Å². The summed E-state index contributed by atoms with van der Waals surface area (Å²) >= 11 is 0. The van der Waals surface area contributed by atoms with E-state index < -0.39 is 5.97 Å². The molecule has 2 N–H and O–H groups in total. The minimum Gasteiger partial charge on any atom is -0.478 e. The van der Waals surface area contributed by atoms with Crippen LogP contribution in [0.3, 0.4) is 0 Å². The zero-order valence-corrected chi connectivity index (χ0v) is 12.5. The Hall–Kier alpha value is -2.63. The first kappa shape index (κ1) is 15.8. The number of aryl methyl sites for hydroxylation is 2. The molecule has 0 aliphatic rings. The summed E-state index contributed by atoms with van der Waals surface area (Å²) in [5.41, 5.74) is 2.39. The van der Waals surface area contributed by atoms with Crippen molar-refractivity contribution in [1.29, 1.82) is 0 Å². The molecular formula is C16H18N2O4. The highest BCUT2D eigenvalue weighted by Gasteiger charge is 2.10. The second-order valence-electron chi connectivity index (χ2n) is 5.05. The number of nitrogens with one attached hydrogen (secondary N) is 1. The van der Waals surface area contributed by atoms with Gasteiger partial charge in [0.05, 0.1) is 11.3 Å². The molecule has 0 radical (unpaired) electrons. The number of carbonyl (C=O) groups is 2. The van der Waals surface area contributed by atoms with Gasteiger partial charge in [-0.05, 0) is 44.9 Å². The van der Waals surface area contributed by atoms with Gasteiger partial charge in [-0.1, -0.05) is 11.2 Å². The van der Waals surface area contributed by atoms with Crippen molar-refractivity contribution >= 4 is 11.9 Å². The van der Waals surface area contributed by atoms with Crippen molar-refractivity contribution in [3.05, 3.63) is 52.4 Å². The van der Waals surface area contributed by atoms with Gasteiger partial charge in [-0.3, -0.25) is 4.79 Å². The lowest BCUT2D eigenvalue weighted by atomic mass is 10.1. The zero-order chi connectivity index (χ0) is 16.1. The number of aromatic nitrogens is 1. The van der Waals surface area contributed by atoms with E-state index in [0.29, 0.717) is 12.1 Å². The Balaban J connectivity index is 1.86. The number of carboxylic acid groups (broad SMARTS) is 1. The summed E-state index contributed by atoms with van der Waals surface area (Å²) in [7, 11) is 0. The zero-order valence-electron chi connectivity index (χ0n) is 12.5. The van der Waals surface area contributed by atoms with Gasteiger partial charge in [-0.2, -0.15) is 0 Å². The Morgan fingerprint density at radius 1 is 1.27 bits per heavy atom. The maximum Gasteiger partial charge on any atom is 0.335 e. The summed E-state index contributed by atoms with van der Waals surface area (Å²) in [6.45, 7) is 4.26. The monoisotopic (exact) mass is 302 g/mol. The second kappa shape index (κ2) is 6.89. The van der Waals surface area contributed by atoms with Gasteiger partial charge in [0.1, 0.15) is 5.76 Å². The van der Waals surface area contributed by atoms with Gasteiger partial charge in [-0.25, -0.2) is 4.79 Å². The smallest absolute Gasteiger partial charge is 0.335 e. The lowest BCUT2D eigenvalue weighted by Gasteiger charge is -2.06. The first-order chi connectivity index (χ1) is 10.5. The quantitative estimate of drug-likeness (QED) is 0.799. The van der Waals surface area contributed by atoms with Gasteiger partial charge in [0.25, 0.3) is 5.91 Å². The van der Waals surface area contributed by atoms with Crippen LogP contribution in [0.2, 0.25) is 0 Å². The van der Waals surface area contributed by atoms with Crippen LogP contribution in [0.1, 0.15) is 44.2 Å². The van der Waals surface area contributed by atoms with Crippen molar-refractivity contribution in [2.75, 3.05) is 6.54 Å². The van der Waals surface area contributed by atoms with Crippen LogP contribution in [-0.2, 0) is 6.42 Å². The van der Waals surface area contributed by atoms with E-state index in [1.165, 1.54) is 12.1 Å². The molecule has 1 heterocycles. The fourth-order valence-electron chi connectivity index (χ4n) is 2.22. The lowest BCUT2D eigenvalue weighted by molar-refractivity contribution is 0.0697. The third-order valence-corrected chi connectivity index (χ3v) is 3.44. The maximum atomic E-state index is 12.0. The fourth-order valence-corrected chi connectivity index (χ4v) is 2.22. The van der Waals surface area contributed by atoms with E-state index in [0.717, 1.165) is 29.9 Å². The van der Waals surface area contributed by atoms with Gasteiger partial charge >= 0.3 is 5.97 Å². The Morgan fingerprint density at radius 3 is 2.64 bits per heavy atom. The summed E-state index contributed by atoms with van der Waals surface area (Å²) < 4.78 is 5.09. The summed E-state index contributed by atoms with van der Waals surface area (Å²) in [4.78, 5) is 22.9. The molecule has 1 aromatic heterocycles. The number of rotatable bonds is 6. The minimum absolute atomic E-state index is 0.100. The summed E-state index contributed by atoms with van der Waals surface area (Å²) in [6, 6.07) is 5.97. The summed E-state index contributed by atoms with van der Waals surface area (Å²) in [6.07, 6.45) is 1.53. The van der Waals surface area contributed by atoms with Crippen molar-refractivity contribution < 1.29 is 19.2 Å². The molecule has 0 aliphatic heterocycles. The third kappa shape index (κ3) is 3.72. The number of nitrogens with zero attached hydrogens (tertiary/aromatic N) is 1. The number of hydrogen-bond acceptors (Lipinski definition) is 4. The average Bonchev–Trinajstić information content (AvgIpc) is 2.82. The van der Waals surface area contributed by atoms with E-state index in [1.807, 2.05) is 13.8 Å². The molecule has 0 aliphatic carbocycles. The van der Waals surface area contributed by atoms with Crippen LogP contribution >= 0.6 is 0 Å². The lowest BCUT2D eigenvalue weighted by Crippen LogP contribution is -2.25. The molecule has 1 amide bonds. The number of benzene rings is 1. The van der Waals surface area contributed by atoms with Gasteiger partial charge in [0, 0.05) is 17.7 Å². The van der Waals surface area contributed by atoms with Crippen molar-refractivity contribution in [2.45, 2.75) is 26.7 Å². The van der Waals surface area contributed by atoms with Crippen LogP contribution < -0.4 is 5.32 Å². The number of carboxylic acids is 1. The third-order valence-electron chi connectivity index (χ3n) is 3.44. The highest BCUT2D eigenvalue weighted by atomic mass is 16.5. The largest absolute Gasteiger partial charge is 0.478 e. The van der Waals surface area contributed by atoms with Crippen molar-refractivity contribution in [3.8, 4) is 0 Å². The Kier molecular flexibility index (Phi) is 4.93. The van der Waals surface area contributed by atoms with Crippen LogP contribution in [0.4, 0.5) is 0 Å². The van der Waals surface area contributed by atoms with Gasteiger partial charge in [0.15, 0.2) is 0 Å². The molecule has 6 nitrogen and oxygen atoms in total. The predicted molar refractivity (Wildman–Crippen MR) is 80.0 cm³/mol. The van der Waals surface area contributed by atoms with Crippen LogP contribution in [0.5, 0.6) is 0 Å². The van der Waals surface area contributed by atoms with E-state index in [4.69, 9.17) is 9.63 Å². The fraction of sp³-hybridized carbons (Fsp3) is 0.312. The van der Waals surface area contributed by atoms with Gasteiger partial charge in [0.2, 0.25) is 0 Å². The van der Waals surface area contributed by atoms with Crippen molar-refractivity contribution in [2.24, 2.45) is 0 Å². The molecule has 116 valence electrons. The Bertz CT molecular complexity index is 672. The van der Waals surface area contributed by atoms with E-state index in [-0.39, 0.29) is 11.5 Å². The minimum atomic E-state index is -1.05. The first-order valence-electron chi connectivity index (χ1n) is 7.02. The summed E-state index contributed by atoms with van der Waals surface area (Å²) in [5, 5.41) is 15.6. The first-order valence-corrected chi connectivity index (χ1v) is 7.02. The summed E-state index contributed by atoms with van der Waals surface area (Å²) in [5.74, 6) is -0.520. The topological polar surface area (TPSA) is 92.4 Å². The molecular weight excluding hydrogens is 284 g/mol. The van der Waals surface area contributed by atoms with Crippen LogP contribution in [-0.4, -0.2) is 28.7 Å². The number of carbonyl (C=O) groups excluding carboxylic acids is 1. The molecule has 0 fully saturated rings. The molecule has 6 heteroatoms. The molecule has 0 unspecified atom stereocenters. The van der Waals surface area contributed by atoms with Gasteiger partial charge < -0.3 is 14.9 Å². The Morgan fingerprint density at radius 2 is 2.00 bits per heavy atom. The number of hydrogen-bond donors (Lipinski definition) is 2. The standard InChI is InChI=1S/C16H18N2O4/c1-10-14(11(2)22-18-10)7-4-8-17-15(19)12-5-3-6-13(9-12)16(20)21/h3,5-6,9H,4,7-8H2,1-2H3,(H,17,19)(H,20,21). The van der Waals surface area contributed by atoms with Crippen molar-refractivity contribution in [3.63, 3.8) is 0 Å². The normalized spacial score (nSPS) is 10.5. The van der Waals surface area contributed by atoms with E-state index in [2.05, 4.69) is 10.5 Å². The molecule has 0 saturated heterocycles. The number of amides is 1. The molecule has 0 bridgehead atoms. The van der Waals surface area contributed by atoms with Gasteiger partial charge in [-0.15, -0.1) is 0 Å². The van der Waals surface area contributed by atoms with E-state index in [9.17, 15) is 9.59 Å². The highest BCUT2D eigenvalue weighted by Crippen LogP contribution is 2.14. The van der Waals surface area contributed by atoms with Crippen LogP contribution in [0.15, 0.2) is 28.8 Å². The van der Waals surface area contributed by atoms with Crippen LogP contribution in [0.25, 0.3) is 0 Å². The SMILES string of the molecule is Cc1noc(C)c1CCCNC(=O)c1cccc(C(=O)O)c1. The second-order valence-corrected chi connectivity index (χ2v) is 5.05. The van der Waals surface area contributed by atoms with E-state index >= 15 is 0 Å². The highest BCUT2D eigenvalue weighted by molar-refractivity contribution is 5.97. The molecule has 2 aromatic rings. The molecule has 0 atom stereocenters. The Labute approximate surface area is 128 Å². The molecule has 2 rings (SSSR count). The molecule has 0 saturated carbocycles. The maximum absolute atomic E-state index is 12.0. The van der Waals surface area contributed by atoms with Crippen molar-refractivity contribution in [1.82, 2.24) is 10.5 Å². The predicted octanol–water partition coefficient (Wildman–Crippen LogP) is 2.35. The number of aromatic carboxylic acids is 1. The molecule has 1 aromatic carbocycles. The van der Waals surface area contributed by atoms with Crippen LogP contribution in [0, 0.1) is 13.8 Å². The molecule has 22 heavy (non-hydrogen) atoms.